The highest BCUT2D eigenvalue weighted by atomic mass is 19.4. The quantitative estimate of drug-likeness (QED) is 0.844. The summed E-state index contributed by atoms with van der Waals surface area (Å²) in [4.78, 5) is 0. The monoisotopic (exact) mass is 250 g/mol. The second-order valence-corrected chi connectivity index (χ2v) is 3.88. The van der Waals surface area contributed by atoms with Crippen LogP contribution < -0.4 is 5.73 Å². The van der Waals surface area contributed by atoms with Gasteiger partial charge in [-0.1, -0.05) is 30.3 Å². The second kappa shape index (κ2) is 4.31. The second-order valence-electron chi connectivity index (χ2n) is 3.88. The lowest BCUT2D eigenvalue weighted by Gasteiger charge is -2.19. The molecule has 0 saturated carbocycles. The highest BCUT2D eigenvalue weighted by molar-refractivity contribution is 5.88. The lowest BCUT2D eigenvalue weighted by molar-refractivity contribution is -0.148. The fraction of sp³-hybridized carbons (Fsp3) is 0.154. The van der Waals surface area contributed by atoms with Gasteiger partial charge in [0.1, 0.15) is 6.04 Å². The first kappa shape index (κ1) is 12.4. The molecule has 0 saturated heterocycles. The third-order valence-corrected chi connectivity index (χ3v) is 2.75. The first-order valence-corrected chi connectivity index (χ1v) is 5.19. The SMILES string of the molecule is N#Cc1ccc2ccccc2c1[C@H](N)C(F)(F)F. The summed E-state index contributed by atoms with van der Waals surface area (Å²) in [6, 6.07) is 9.15. The summed E-state index contributed by atoms with van der Waals surface area (Å²) in [5, 5.41) is 9.91. The molecule has 0 aromatic heterocycles. The number of nitrogens with zero attached hydrogens (tertiary/aromatic N) is 1. The van der Waals surface area contributed by atoms with Gasteiger partial charge in [0.05, 0.1) is 11.6 Å². The molecular weight excluding hydrogens is 241 g/mol. The molecule has 0 fully saturated rings. The summed E-state index contributed by atoms with van der Waals surface area (Å²) in [5.41, 5.74) is 5.03. The predicted molar refractivity (Wildman–Crippen MR) is 61.6 cm³/mol. The van der Waals surface area contributed by atoms with Gasteiger partial charge >= 0.3 is 6.18 Å². The molecule has 2 rings (SSSR count). The summed E-state index contributed by atoms with van der Waals surface area (Å²) < 4.78 is 38.2. The number of alkyl halides is 3. The van der Waals surface area contributed by atoms with E-state index < -0.39 is 12.2 Å². The predicted octanol–water partition coefficient (Wildman–Crippen LogP) is 3.27. The van der Waals surface area contributed by atoms with Gasteiger partial charge in [-0.25, -0.2) is 0 Å². The van der Waals surface area contributed by atoms with E-state index in [1.165, 1.54) is 12.1 Å². The molecule has 5 heteroatoms. The normalized spacial score (nSPS) is 13.3. The van der Waals surface area contributed by atoms with E-state index in [1.54, 1.807) is 30.3 Å². The molecular formula is C13H9F3N2. The highest BCUT2D eigenvalue weighted by Crippen LogP contribution is 2.36. The molecule has 0 aliphatic carbocycles. The minimum atomic E-state index is -4.57. The van der Waals surface area contributed by atoms with Crippen molar-refractivity contribution in [3.05, 3.63) is 47.5 Å². The van der Waals surface area contributed by atoms with E-state index in [4.69, 9.17) is 11.0 Å². The summed E-state index contributed by atoms with van der Waals surface area (Å²) in [6.07, 6.45) is -4.57. The van der Waals surface area contributed by atoms with Crippen LogP contribution in [-0.2, 0) is 0 Å². The maximum Gasteiger partial charge on any atom is 0.407 e. The van der Waals surface area contributed by atoms with Gasteiger partial charge in [0.25, 0.3) is 0 Å². The summed E-state index contributed by atoms with van der Waals surface area (Å²) in [6.45, 7) is 0. The molecule has 0 aliphatic rings. The first-order valence-electron chi connectivity index (χ1n) is 5.19. The number of halogens is 3. The molecule has 0 aliphatic heterocycles. The van der Waals surface area contributed by atoms with Crippen LogP contribution in [0.4, 0.5) is 13.2 Å². The van der Waals surface area contributed by atoms with Crippen LogP contribution in [0.3, 0.4) is 0 Å². The van der Waals surface area contributed by atoms with E-state index in [1.807, 2.05) is 0 Å². The zero-order valence-corrected chi connectivity index (χ0v) is 9.20. The number of hydrogen-bond donors (Lipinski definition) is 1. The maximum absolute atomic E-state index is 12.7. The zero-order chi connectivity index (χ0) is 13.3. The van der Waals surface area contributed by atoms with Crippen LogP contribution in [0.15, 0.2) is 36.4 Å². The summed E-state index contributed by atoms with van der Waals surface area (Å²) in [7, 11) is 0. The molecule has 0 amide bonds. The number of rotatable bonds is 1. The van der Waals surface area contributed by atoms with Crippen molar-refractivity contribution in [1.82, 2.24) is 0 Å². The van der Waals surface area contributed by atoms with E-state index in [0.717, 1.165) is 0 Å². The molecule has 0 heterocycles. The summed E-state index contributed by atoms with van der Waals surface area (Å²) in [5.74, 6) is 0. The van der Waals surface area contributed by atoms with E-state index >= 15 is 0 Å². The van der Waals surface area contributed by atoms with Crippen LogP contribution in [-0.4, -0.2) is 6.18 Å². The Balaban J connectivity index is 2.78. The highest BCUT2D eigenvalue weighted by Gasteiger charge is 2.39. The van der Waals surface area contributed by atoms with Gasteiger partial charge in [-0.15, -0.1) is 0 Å². The average Bonchev–Trinajstić information content (AvgIpc) is 2.35. The Kier molecular flexibility index (Phi) is 2.97. The Morgan fingerprint density at radius 2 is 1.78 bits per heavy atom. The number of nitrogens with two attached hydrogens (primary N) is 1. The number of fused-ring (bicyclic) bond motifs is 1. The number of nitriles is 1. The van der Waals surface area contributed by atoms with Gasteiger partial charge in [-0.3, -0.25) is 0 Å². The van der Waals surface area contributed by atoms with Crippen molar-refractivity contribution in [2.75, 3.05) is 0 Å². The molecule has 0 unspecified atom stereocenters. The van der Waals surface area contributed by atoms with Gasteiger partial charge in [-0.2, -0.15) is 18.4 Å². The van der Waals surface area contributed by atoms with Gasteiger partial charge in [0.15, 0.2) is 0 Å². The molecule has 2 aromatic carbocycles. The molecule has 92 valence electrons. The van der Waals surface area contributed by atoms with E-state index in [0.29, 0.717) is 10.8 Å². The van der Waals surface area contributed by atoms with E-state index in [2.05, 4.69) is 0 Å². The zero-order valence-electron chi connectivity index (χ0n) is 9.20. The lowest BCUT2D eigenvalue weighted by Crippen LogP contribution is -2.29. The van der Waals surface area contributed by atoms with Gasteiger partial charge in [-0.05, 0) is 16.8 Å². The third-order valence-electron chi connectivity index (χ3n) is 2.75. The van der Waals surface area contributed by atoms with Crippen LogP contribution in [0.25, 0.3) is 10.8 Å². The van der Waals surface area contributed by atoms with Crippen LogP contribution in [0.5, 0.6) is 0 Å². The standard InChI is InChI=1S/C13H9F3N2/c14-13(15,16)12(18)11-9(7-17)6-5-8-3-1-2-4-10(8)11/h1-6,12H,18H2/t12-/m0/s1. The molecule has 1 atom stereocenters. The van der Waals surface area contributed by atoms with Crippen LogP contribution in [0.2, 0.25) is 0 Å². The Morgan fingerprint density at radius 3 is 2.39 bits per heavy atom. The van der Waals surface area contributed by atoms with Gasteiger partial charge in [0.2, 0.25) is 0 Å². The topological polar surface area (TPSA) is 49.8 Å². The molecule has 0 spiro atoms. The minimum absolute atomic E-state index is 0.0430. The van der Waals surface area contributed by atoms with Crippen LogP contribution in [0, 0.1) is 11.3 Å². The third kappa shape index (κ3) is 2.03. The van der Waals surface area contributed by atoms with Crippen molar-refractivity contribution >= 4 is 10.8 Å². The van der Waals surface area contributed by atoms with Gasteiger partial charge in [0, 0.05) is 5.56 Å². The maximum atomic E-state index is 12.7. The largest absolute Gasteiger partial charge is 0.407 e. The molecule has 0 bridgehead atoms. The van der Waals surface area contributed by atoms with Crippen molar-refractivity contribution in [2.45, 2.75) is 12.2 Å². The van der Waals surface area contributed by atoms with E-state index in [9.17, 15) is 13.2 Å². The van der Waals surface area contributed by atoms with Crippen molar-refractivity contribution in [2.24, 2.45) is 5.73 Å². The van der Waals surface area contributed by atoms with E-state index in [-0.39, 0.29) is 11.1 Å². The average molecular weight is 250 g/mol. The van der Waals surface area contributed by atoms with Crippen molar-refractivity contribution < 1.29 is 13.2 Å². The minimum Gasteiger partial charge on any atom is -0.316 e. The fourth-order valence-electron chi connectivity index (χ4n) is 1.89. The molecule has 18 heavy (non-hydrogen) atoms. The molecule has 2 aromatic rings. The van der Waals surface area contributed by atoms with Crippen molar-refractivity contribution in [1.29, 1.82) is 5.26 Å². The van der Waals surface area contributed by atoms with Crippen LogP contribution in [0.1, 0.15) is 17.2 Å². The Labute approximate surface area is 101 Å². The van der Waals surface area contributed by atoms with Crippen molar-refractivity contribution in [3.8, 4) is 6.07 Å². The Hall–Kier alpha value is -2.06. The molecule has 0 radical (unpaired) electrons. The first-order chi connectivity index (χ1) is 8.45. The summed E-state index contributed by atoms with van der Waals surface area (Å²) >= 11 is 0. The van der Waals surface area contributed by atoms with Crippen molar-refractivity contribution in [3.63, 3.8) is 0 Å². The lowest BCUT2D eigenvalue weighted by atomic mass is 9.94. The Bertz CT molecular complexity index is 626. The van der Waals surface area contributed by atoms with Gasteiger partial charge < -0.3 is 5.73 Å². The molecule has 2 nitrogen and oxygen atoms in total. The fourth-order valence-corrected chi connectivity index (χ4v) is 1.89. The Morgan fingerprint density at radius 1 is 1.11 bits per heavy atom. The smallest absolute Gasteiger partial charge is 0.316 e. The molecule has 2 N–H and O–H groups in total. The number of hydrogen-bond acceptors (Lipinski definition) is 2. The van der Waals surface area contributed by atoms with Crippen LogP contribution >= 0.6 is 0 Å². The number of benzene rings is 2.